The van der Waals surface area contributed by atoms with Gasteiger partial charge in [-0.05, 0) is 18.4 Å². The molecule has 0 saturated carbocycles. The summed E-state index contributed by atoms with van der Waals surface area (Å²) in [5.74, 6) is 0. The van der Waals surface area contributed by atoms with Crippen molar-refractivity contribution in [3.8, 4) is 0 Å². The van der Waals surface area contributed by atoms with Crippen molar-refractivity contribution in [2.24, 2.45) is 0 Å². The molecule has 0 amide bonds. The Morgan fingerprint density at radius 1 is 1.05 bits per heavy atom. The van der Waals surface area contributed by atoms with E-state index in [2.05, 4.69) is 58.0 Å². The van der Waals surface area contributed by atoms with Crippen LogP contribution in [-0.2, 0) is 5.22 Å². The standard InChI is InChI=1S/C17H30OSi2/c1-15(19(2,3)4)13-14-17(18,20(5,6)7)16-11-9-8-10-12-16/h8-12,18H,1,13-14H2,2-7H3. The van der Waals surface area contributed by atoms with E-state index in [1.54, 1.807) is 0 Å². The lowest BCUT2D eigenvalue weighted by Gasteiger charge is -2.40. The third-order valence-corrected chi connectivity index (χ3v) is 9.73. The predicted molar refractivity (Wildman–Crippen MR) is 95.4 cm³/mol. The predicted octanol–water partition coefficient (Wildman–Crippen LogP) is 4.97. The largest absolute Gasteiger partial charge is 0.389 e. The van der Waals surface area contributed by atoms with Crippen molar-refractivity contribution >= 4 is 16.1 Å². The first-order chi connectivity index (χ1) is 8.98. The Morgan fingerprint density at radius 3 is 1.95 bits per heavy atom. The van der Waals surface area contributed by atoms with Gasteiger partial charge in [-0.15, -0.1) is 6.58 Å². The Labute approximate surface area is 126 Å². The lowest BCUT2D eigenvalue weighted by molar-refractivity contribution is 0.105. The summed E-state index contributed by atoms with van der Waals surface area (Å²) in [6, 6.07) is 10.2. The van der Waals surface area contributed by atoms with Gasteiger partial charge < -0.3 is 5.11 Å². The summed E-state index contributed by atoms with van der Waals surface area (Å²) < 4.78 is 0. The highest BCUT2D eigenvalue weighted by Gasteiger charge is 2.42. The molecule has 0 aromatic heterocycles. The molecule has 0 spiro atoms. The van der Waals surface area contributed by atoms with Gasteiger partial charge in [0, 0.05) is 0 Å². The van der Waals surface area contributed by atoms with Crippen LogP contribution in [0.2, 0.25) is 39.3 Å². The highest BCUT2D eigenvalue weighted by Crippen LogP contribution is 2.37. The fraction of sp³-hybridized carbons (Fsp3) is 0.529. The zero-order valence-corrected chi connectivity index (χ0v) is 16.0. The maximum absolute atomic E-state index is 11.4. The summed E-state index contributed by atoms with van der Waals surface area (Å²) in [4.78, 5) is 0. The first-order valence-corrected chi connectivity index (χ1v) is 14.4. The summed E-state index contributed by atoms with van der Waals surface area (Å²) in [6.07, 6.45) is 1.74. The summed E-state index contributed by atoms with van der Waals surface area (Å²) >= 11 is 0. The van der Waals surface area contributed by atoms with E-state index in [0.717, 1.165) is 18.4 Å². The van der Waals surface area contributed by atoms with Crippen molar-refractivity contribution in [2.45, 2.75) is 57.3 Å². The second kappa shape index (κ2) is 6.00. The van der Waals surface area contributed by atoms with Crippen LogP contribution in [-0.4, -0.2) is 21.3 Å². The van der Waals surface area contributed by atoms with E-state index < -0.39 is 21.4 Å². The number of aliphatic hydroxyl groups is 1. The van der Waals surface area contributed by atoms with Gasteiger partial charge in [-0.1, -0.05) is 74.8 Å². The lowest BCUT2D eigenvalue weighted by Crippen LogP contribution is -2.49. The maximum atomic E-state index is 11.4. The van der Waals surface area contributed by atoms with Crippen molar-refractivity contribution in [2.75, 3.05) is 0 Å². The second-order valence-electron chi connectivity index (χ2n) is 7.83. The normalized spacial score (nSPS) is 15.8. The fourth-order valence-electron chi connectivity index (χ4n) is 2.37. The van der Waals surface area contributed by atoms with Gasteiger partial charge in [-0.3, -0.25) is 0 Å². The van der Waals surface area contributed by atoms with E-state index in [4.69, 9.17) is 0 Å². The summed E-state index contributed by atoms with van der Waals surface area (Å²) in [6.45, 7) is 18.0. The first-order valence-electron chi connectivity index (χ1n) is 7.44. The smallest absolute Gasteiger partial charge is 0.0878 e. The SMILES string of the molecule is C=C(CCC(O)(c1ccccc1)[Si](C)(C)C)[Si](C)(C)C. The average molecular weight is 307 g/mol. The molecule has 0 aliphatic carbocycles. The molecule has 1 unspecified atom stereocenters. The zero-order chi connectivity index (χ0) is 15.6. The Hall–Kier alpha value is -0.646. The Morgan fingerprint density at radius 2 is 1.55 bits per heavy atom. The average Bonchev–Trinajstić information content (AvgIpc) is 2.34. The molecule has 20 heavy (non-hydrogen) atoms. The molecule has 0 aliphatic heterocycles. The van der Waals surface area contributed by atoms with E-state index in [0.29, 0.717) is 0 Å². The van der Waals surface area contributed by atoms with Crippen LogP contribution in [0.5, 0.6) is 0 Å². The van der Waals surface area contributed by atoms with Crippen LogP contribution in [0, 0.1) is 0 Å². The number of hydrogen-bond donors (Lipinski definition) is 1. The molecule has 0 radical (unpaired) electrons. The van der Waals surface area contributed by atoms with Crippen LogP contribution in [0.25, 0.3) is 0 Å². The van der Waals surface area contributed by atoms with Crippen LogP contribution < -0.4 is 0 Å². The van der Waals surface area contributed by atoms with Gasteiger partial charge in [0.25, 0.3) is 0 Å². The monoisotopic (exact) mass is 306 g/mol. The first kappa shape index (κ1) is 17.4. The molecule has 1 nitrogen and oxygen atoms in total. The van der Waals surface area contributed by atoms with Crippen molar-refractivity contribution in [3.63, 3.8) is 0 Å². The molecule has 1 aromatic rings. The molecule has 0 saturated heterocycles. The molecule has 1 aromatic carbocycles. The molecular weight excluding hydrogens is 276 g/mol. The number of benzene rings is 1. The van der Waals surface area contributed by atoms with Crippen LogP contribution in [0.1, 0.15) is 18.4 Å². The van der Waals surface area contributed by atoms with Crippen LogP contribution in [0.3, 0.4) is 0 Å². The fourth-order valence-corrected chi connectivity index (χ4v) is 5.16. The van der Waals surface area contributed by atoms with Gasteiger partial charge in [0.15, 0.2) is 0 Å². The molecule has 1 N–H and O–H groups in total. The second-order valence-corrected chi connectivity index (χ2v) is 18.4. The molecule has 1 atom stereocenters. The Kier molecular flexibility index (Phi) is 5.22. The van der Waals surface area contributed by atoms with Gasteiger partial charge in [0.1, 0.15) is 0 Å². The Bertz CT molecular complexity index is 454. The minimum absolute atomic E-state index is 0.670. The highest BCUT2D eigenvalue weighted by molar-refractivity contribution is 6.83. The maximum Gasteiger partial charge on any atom is 0.0878 e. The third kappa shape index (κ3) is 3.93. The van der Waals surface area contributed by atoms with E-state index >= 15 is 0 Å². The number of allylic oxidation sites excluding steroid dienone is 1. The van der Waals surface area contributed by atoms with Gasteiger partial charge in [-0.2, -0.15) is 0 Å². The summed E-state index contributed by atoms with van der Waals surface area (Å²) in [5.41, 5.74) is 1.07. The number of rotatable bonds is 6. The highest BCUT2D eigenvalue weighted by atomic mass is 28.3. The van der Waals surface area contributed by atoms with Gasteiger partial charge >= 0.3 is 0 Å². The lowest BCUT2D eigenvalue weighted by atomic mass is 10.0. The quantitative estimate of drug-likeness (QED) is 0.736. The van der Waals surface area contributed by atoms with E-state index in [1.807, 2.05) is 18.2 Å². The van der Waals surface area contributed by atoms with Crippen molar-refractivity contribution in [1.82, 2.24) is 0 Å². The van der Waals surface area contributed by atoms with Crippen molar-refractivity contribution in [3.05, 3.63) is 47.7 Å². The van der Waals surface area contributed by atoms with Crippen molar-refractivity contribution < 1.29 is 5.11 Å². The van der Waals surface area contributed by atoms with Crippen LogP contribution in [0.15, 0.2) is 42.1 Å². The van der Waals surface area contributed by atoms with E-state index in [9.17, 15) is 5.11 Å². The third-order valence-electron chi connectivity index (χ3n) is 4.34. The molecular formula is C17H30OSi2. The molecule has 0 bridgehead atoms. The molecule has 0 aliphatic rings. The molecule has 0 heterocycles. The van der Waals surface area contributed by atoms with Crippen LogP contribution >= 0.6 is 0 Å². The van der Waals surface area contributed by atoms with E-state index in [-0.39, 0.29) is 0 Å². The summed E-state index contributed by atoms with van der Waals surface area (Å²) in [7, 11) is -3.06. The summed E-state index contributed by atoms with van der Waals surface area (Å²) in [5, 5.41) is 12.1. The zero-order valence-electron chi connectivity index (χ0n) is 14.0. The van der Waals surface area contributed by atoms with Crippen molar-refractivity contribution in [1.29, 1.82) is 0 Å². The van der Waals surface area contributed by atoms with Gasteiger partial charge in [0.05, 0.1) is 21.4 Å². The topological polar surface area (TPSA) is 20.2 Å². The van der Waals surface area contributed by atoms with E-state index in [1.165, 1.54) is 5.20 Å². The van der Waals surface area contributed by atoms with Gasteiger partial charge in [-0.25, -0.2) is 0 Å². The van der Waals surface area contributed by atoms with Crippen LogP contribution in [0.4, 0.5) is 0 Å². The molecule has 3 heteroatoms. The molecule has 1 rings (SSSR count). The van der Waals surface area contributed by atoms with Gasteiger partial charge in [0.2, 0.25) is 0 Å². The number of hydrogen-bond acceptors (Lipinski definition) is 1. The minimum Gasteiger partial charge on any atom is -0.389 e. The molecule has 112 valence electrons. The minimum atomic E-state index is -1.75. The Balaban J connectivity index is 3.01. The molecule has 0 fully saturated rings.